The van der Waals surface area contributed by atoms with Gasteiger partial charge in [-0.15, -0.1) is 0 Å². The minimum atomic E-state index is 0.235. The number of rotatable bonds is 8. The summed E-state index contributed by atoms with van der Waals surface area (Å²) in [7, 11) is 1.92. The molecule has 1 aromatic carbocycles. The Morgan fingerprint density at radius 2 is 1.90 bits per heavy atom. The molecule has 2 atom stereocenters. The summed E-state index contributed by atoms with van der Waals surface area (Å²) in [5.41, 5.74) is 2.22. The summed E-state index contributed by atoms with van der Waals surface area (Å²) in [6.45, 7) is 2.61. The number of piperidine rings is 1. The van der Waals surface area contributed by atoms with Crippen LogP contribution in [0.5, 0.6) is 0 Å². The van der Waals surface area contributed by atoms with Crippen LogP contribution >= 0.6 is 0 Å². The van der Waals surface area contributed by atoms with Gasteiger partial charge in [0.15, 0.2) is 0 Å². The minimum absolute atomic E-state index is 0.235. The van der Waals surface area contributed by atoms with Crippen LogP contribution in [-0.2, 0) is 24.2 Å². The van der Waals surface area contributed by atoms with E-state index < -0.39 is 0 Å². The van der Waals surface area contributed by atoms with Crippen LogP contribution in [0, 0.1) is 17.8 Å². The van der Waals surface area contributed by atoms with E-state index in [9.17, 15) is 4.79 Å². The molecule has 1 aliphatic carbocycles. The van der Waals surface area contributed by atoms with E-state index in [0.717, 1.165) is 49.7 Å². The molecule has 1 aliphatic heterocycles. The summed E-state index contributed by atoms with van der Waals surface area (Å²) in [5, 5.41) is 7.90. The van der Waals surface area contributed by atoms with Crippen LogP contribution in [0.1, 0.15) is 62.0 Å². The second-order valence-corrected chi connectivity index (χ2v) is 9.65. The van der Waals surface area contributed by atoms with Crippen LogP contribution in [0.4, 0.5) is 0 Å². The molecular formula is C26H37N3O2. The van der Waals surface area contributed by atoms with Gasteiger partial charge in [-0.25, -0.2) is 0 Å². The first-order valence-electron chi connectivity index (χ1n) is 12.1. The lowest BCUT2D eigenvalue weighted by atomic mass is 9.81. The molecule has 0 spiro atoms. The Hall–Kier alpha value is -2.14. The number of carbonyl (C=O) groups is 1. The Balaban J connectivity index is 1.30. The molecule has 1 saturated heterocycles. The van der Waals surface area contributed by atoms with Crippen molar-refractivity contribution in [3.05, 3.63) is 53.4 Å². The van der Waals surface area contributed by atoms with Gasteiger partial charge in [0.25, 0.3) is 0 Å². The highest BCUT2D eigenvalue weighted by molar-refractivity contribution is 5.76. The second-order valence-electron chi connectivity index (χ2n) is 9.65. The van der Waals surface area contributed by atoms with Crippen molar-refractivity contribution >= 4 is 5.91 Å². The number of carbonyl (C=O) groups excluding carboxylic acids is 1. The van der Waals surface area contributed by atoms with Gasteiger partial charge in [0.05, 0.1) is 5.69 Å². The quantitative estimate of drug-likeness (QED) is 0.673. The molecule has 1 aromatic heterocycles. The van der Waals surface area contributed by atoms with Gasteiger partial charge in [-0.3, -0.25) is 4.79 Å². The molecule has 168 valence electrons. The van der Waals surface area contributed by atoms with E-state index in [4.69, 9.17) is 4.52 Å². The number of hydrogen-bond donors (Lipinski definition) is 1. The lowest BCUT2D eigenvalue weighted by Gasteiger charge is -2.32. The Bertz CT molecular complexity index is 813. The van der Waals surface area contributed by atoms with Gasteiger partial charge >= 0.3 is 0 Å². The Morgan fingerprint density at radius 1 is 1.10 bits per heavy atom. The zero-order valence-corrected chi connectivity index (χ0v) is 18.9. The summed E-state index contributed by atoms with van der Waals surface area (Å²) < 4.78 is 5.68. The van der Waals surface area contributed by atoms with Crippen LogP contribution in [0.2, 0.25) is 0 Å². The summed E-state index contributed by atoms with van der Waals surface area (Å²) in [6.07, 6.45) is 10.3. The molecule has 1 amide bonds. The number of hydrogen-bond acceptors (Lipinski definition) is 4. The Labute approximate surface area is 186 Å². The molecule has 2 unspecified atom stereocenters. The third kappa shape index (κ3) is 6.42. The van der Waals surface area contributed by atoms with Gasteiger partial charge in [0.1, 0.15) is 5.76 Å². The first kappa shape index (κ1) is 22.1. The predicted molar refractivity (Wildman–Crippen MR) is 122 cm³/mol. The number of amides is 1. The van der Waals surface area contributed by atoms with Crippen LogP contribution in [0.3, 0.4) is 0 Å². The van der Waals surface area contributed by atoms with Crippen LogP contribution in [0.25, 0.3) is 0 Å². The number of benzene rings is 1. The van der Waals surface area contributed by atoms with Gasteiger partial charge in [-0.1, -0.05) is 67.6 Å². The zero-order chi connectivity index (χ0) is 21.5. The molecule has 31 heavy (non-hydrogen) atoms. The Morgan fingerprint density at radius 3 is 2.71 bits per heavy atom. The normalized spacial score (nSPS) is 22.4. The third-order valence-electron chi connectivity index (χ3n) is 7.18. The van der Waals surface area contributed by atoms with E-state index in [1.165, 1.54) is 37.7 Å². The average molecular weight is 424 g/mol. The Kier molecular flexibility index (Phi) is 7.79. The molecule has 5 heteroatoms. The van der Waals surface area contributed by atoms with Crippen molar-refractivity contribution in [2.24, 2.45) is 17.8 Å². The minimum Gasteiger partial charge on any atom is -0.361 e. The fraction of sp³-hybridized carbons (Fsp3) is 0.615. The maximum absolute atomic E-state index is 12.9. The average Bonchev–Trinajstić information content (AvgIpc) is 3.23. The van der Waals surface area contributed by atoms with Gasteiger partial charge in [0, 0.05) is 32.5 Å². The summed E-state index contributed by atoms with van der Waals surface area (Å²) in [4.78, 5) is 14.8. The van der Waals surface area contributed by atoms with E-state index in [1.807, 2.05) is 30.1 Å². The molecule has 2 aliphatic rings. The van der Waals surface area contributed by atoms with Gasteiger partial charge in [0.2, 0.25) is 5.91 Å². The number of aromatic nitrogens is 1. The van der Waals surface area contributed by atoms with Crippen molar-refractivity contribution in [2.45, 2.75) is 64.3 Å². The standard InChI is InChI=1S/C26H37N3O2/c1-29(19-21-10-6-3-7-11-21)26(30)16-22-12-13-27-18-23(22)15-24-17-25(31-28-24)14-20-8-4-2-5-9-20/h3,6-7,10-11,17,20,22-23,27H,2,4-5,8-9,12-16,18-19H2,1H3. The zero-order valence-electron chi connectivity index (χ0n) is 18.9. The van der Waals surface area contributed by atoms with Crippen molar-refractivity contribution in [1.29, 1.82) is 0 Å². The summed E-state index contributed by atoms with van der Waals surface area (Å²) in [6, 6.07) is 12.4. The van der Waals surface area contributed by atoms with Crippen molar-refractivity contribution in [3.63, 3.8) is 0 Å². The molecular weight excluding hydrogens is 386 g/mol. The van der Waals surface area contributed by atoms with E-state index >= 15 is 0 Å². The first-order chi connectivity index (χ1) is 15.2. The molecule has 2 heterocycles. The highest BCUT2D eigenvalue weighted by Gasteiger charge is 2.29. The molecule has 2 aromatic rings. The fourth-order valence-electron chi connectivity index (χ4n) is 5.30. The SMILES string of the molecule is CN(Cc1ccccc1)C(=O)CC1CCNCC1Cc1cc(CC2CCCCC2)on1. The van der Waals surface area contributed by atoms with Gasteiger partial charge < -0.3 is 14.7 Å². The van der Waals surface area contributed by atoms with Crippen molar-refractivity contribution < 1.29 is 9.32 Å². The third-order valence-corrected chi connectivity index (χ3v) is 7.18. The highest BCUT2D eigenvalue weighted by Crippen LogP contribution is 2.29. The molecule has 5 nitrogen and oxygen atoms in total. The monoisotopic (exact) mass is 423 g/mol. The molecule has 1 N–H and O–H groups in total. The van der Waals surface area contributed by atoms with Crippen molar-refractivity contribution in [2.75, 3.05) is 20.1 Å². The maximum atomic E-state index is 12.9. The summed E-state index contributed by atoms with van der Waals surface area (Å²) in [5.74, 6) is 2.86. The van der Waals surface area contributed by atoms with Crippen molar-refractivity contribution in [1.82, 2.24) is 15.4 Å². The summed E-state index contributed by atoms with van der Waals surface area (Å²) >= 11 is 0. The molecule has 0 radical (unpaired) electrons. The predicted octanol–water partition coefficient (Wildman–Crippen LogP) is 4.61. The van der Waals surface area contributed by atoms with E-state index in [1.54, 1.807) is 0 Å². The molecule has 0 bridgehead atoms. The molecule has 4 rings (SSSR count). The molecule has 1 saturated carbocycles. The van der Waals surface area contributed by atoms with E-state index in [2.05, 4.69) is 28.7 Å². The van der Waals surface area contributed by atoms with E-state index in [0.29, 0.717) is 24.8 Å². The van der Waals surface area contributed by atoms with E-state index in [-0.39, 0.29) is 5.91 Å². The van der Waals surface area contributed by atoms with Crippen LogP contribution in [0.15, 0.2) is 40.9 Å². The van der Waals surface area contributed by atoms with Gasteiger partial charge in [-0.2, -0.15) is 0 Å². The lowest BCUT2D eigenvalue weighted by Crippen LogP contribution is -2.40. The van der Waals surface area contributed by atoms with Crippen LogP contribution in [-0.4, -0.2) is 36.1 Å². The van der Waals surface area contributed by atoms with Crippen LogP contribution < -0.4 is 5.32 Å². The number of nitrogens with zero attached hydrogens (tertiary/aromatic N) is 2. The second kappa shape index (κ2) is 10.9. The lowest BCUT2D eigenvalue weighted by molar-refractivity contribution is -0.132. The fourth-order valence-corrected chi connectivity index (χ4v) is 5.30. The maximum Gasteiger partial charge on any atom is 0.222 e. The van der Waals surface area contributed by atoms with Gasteiger partial charge in [-0.05, 0) is 49.2 Å². The largest absolute Gasteiger partial charge is 0.361 e. The number of nitrogens with one attached hydrogen (secondary N) is 1. The smallest absolute Gasteiger partial charge is 0.222 e. The highest BCUT2D eigenvalue weighted by atomic mass is 16.5. The molecule has 2 fully saturated rings. The topological polar surface area (TPSA) is 58.4 Å². The van der Waals surface area contributed by atoms with Crippen molar-refractivity contribution in [3.8, 4) is 0 Å². The first-order valence-corrected chi connectivity index (χ1v) is 12.1.